The Hall–Kier alpha value is -5.48. The molecule has 1 saturated heterocycles. The Morgan fingerprint density at radius 1 is 0.800 bits per heavy atom. The molecule has 0 radical (unpaired) electrons. The standard InChI is InChI=1S/C30H26O15/c31-15-4-1-12(7-17(15)33)2-6-22(36)42-11-21-24(37)26(39)28(41)30(45-21)43-14-9-19(35)23-20(10-14)44-29(27(40)25(23)38)13-3-5-16(32)18(34)8-13/h1-10,21,24,26,28,30-35,37,39-41H,11H2/t21-,24-,26+,28-,30-/m1/s1. The molecule has 9 N–H and O–H groups in total. The van der Waals surface area contributed by atoms with Gasteiger partial charge in [-0.15, -0.1) is 0 Å². The van der Waals surface area contributed by atoms with Crippen LogP contribution in [0.25, 0.3) is 28.4 Å². The summed E-state index contributed by atoms with van der Waals surface area (Å²) in [7, 11) is 0. The number of phenols is 5. The van der Waals surface area contributed by atoms with E-state index < -0.39 is 88.6 Å². The fourth-order valence-corrected chi connectivity index (χ4v) is 4.50. The Kier molecular flexibility index (Phi) is 8.43. The SMILES string of the molecule is O=C(C=Cc1ccc(O)c(O)c1)OC[C@H]1O[C@@H](Oc2cc(O)c3c(=O)c(O)c(-c4ccc(O)c(O)c4)oc3c2)[C@H](O)[C@@H](O)[C@@H]1O. The zero-order chi connectivity index (χ0) is 32.6. The first-order valence-corrected chi connectivity index (χ1v) is 13.1. The van der Waals surface area contributed by atoms with Gasteiger partial charge in [0.05, 0.1) is 0 Å². The Bertz CT molecular complexity index is 1850. The third-order valence-corrected chi connectivity index (χ3v) is 6.88. The molecule has 15 nitrogen and oxygen atoms in total. The number of aliphatic hydroxyl groups is 3. The van der Waals surface area contributed by atoms with Crippen LogP contribution < -0.4 is 10.2 Å². The van der Waals surface area contributed by atoms with Crippen molar-refractivity contribution in [3.63, 3.8) is 0 Å². The van der Waals surface area contributed by atoms with Crippen LogP contribution >= 0.6 is 0 Å². The van der Waals surface area contributed by atoms with Crippen LogP contribution in [0.3, 0.4) is 0 Å². The van der Waals surface area contributed by atoms with E-state index in [9.17, 15) is 55.5 Å². The van der Waals surface area contributed by atoms with E-state index in [1.54, 1.807) is 0 Å². The van der Waals surface area contributed by atoms with E-state index in [-0.39, 0.29) is 22.6 Å². The molecule has 1 aliphatic rings. The number of hydrogen-bond acceptors (Lipinski definition) is 15. The number of carbonyl (C=O) groups excluding carboxylic acids is 1. The molecule has 4 aromatic rings. The van der Waals surface area contributed by atoms with Crippen molar-refractivity contribution < 1.29 is 69.4 Å². The first-order chi connectivity index (χ1) is 21.3. The van der Waals surface area contributed by atoms with Crippen molar-refractivity contribution in [2.75, 3.05) is 6.61 Å². The molecule has 5 atom stereocenters. The Morgan fingerprint density at radius 3 is 2.18 bits per heavy atom. The van der Waals surface area contributed by atoms with Crippen molar-refractivity contribution >= 4 is 23.0 Å². The maximum atomic E-state index is 12.8. The number of benzene rings is 3. The van der Waals surface area contributed by atoms with Crippen LogP contribution in [0.5, 0.6) is 40.2 Å². The van der Waals surface area contributed by atoms with E-state index in [0.29, 0.717) is 5.56 Å². The summed E-state index contributed by atoms with van der Waals surface area (Å²) in [4.78, 5) is 25.0. The number of rotatable bonds is 7. The quantitative estimate of drug-likeness (QED) is 0.0791. The summed E-state index contributed by atoms with van der Waals surface area (Å²) >= 11 is 0. The molecule has 15 heteroatoms. The van der Waals surface area contributed by atoms with Crippen LogP contribution in [0.2, 0.25) is 0 Å². The second-order valence-electron chi connectivity index (χ2n) is 9.97. The third-order valence-electron chi connectivity index (χ3n) is 6.88. The van der Waals surface area contributed by atoms with Crippen molar-refractivity contribution in [1.82, 2.24) is 0 Å². The average Bonchev–Trinajstić information content (AvgIpc) is 3.00. The van der Waals surface area contributed by atoms with Crippen molar-refractivity contribution in [3.8, 4) is 51.6 Å². The van der Waals surface area contributed by atoms with E-state index in [1.165, 1.54) is 30.3 Å². The minimum absolute atomic E-state index is 0.00389. The number of carbonyl (C=O) groups is 1. The summed E-state index contributed by atoms with van der Waals surface area (Å²) in [5.74, 6) is -4.93. The van der Waals surface area contributed by atoms with Crippen molar-refractivity contribution in [2.24, 2.45) is 0 Å². The van der Waals surface area contributed by atoms with Gasteiger partial charge >= 0.3 is 5.97 Å². The Morgan fingerprint density at radius 2 is 1.49 bits per heavy atom. The molecule has 5 rings (SSSR count). The largest absolute Gasteiger partial charge is 0.507 e. The van der Waals surface area contributed by atoms with Crippen LogP contribution in [0.4, 0.5) is 0 Å². The topological polar surface area (TPSA) is 257 Å². The number of phenolic OH excluding ortho intramolecular Hbond substituents is 5. The molecule has 0 amide bonds. The number of esters is 1. The predicted molar refractivity (Wildman–Crippen MR) is 152 cm³/mol. The summed E-state index contributed by atoms with van der Waals surface area (Å²) in [5, 5.41) is 90.1. The fourth-order valence-electron chi connectivity index (χ4n) is 4.50. The number of hydrogen-bond donors (Lipinski definition) is 9. The van der Waals surface area contributed by atoms with Crippen LogP contribution in [0.1, 0.15) is 5.56 Å². The van der Waals surface area contributed by atoms with E-state index in [2.05, 4.69) is 0 Å². The summed E-state index contributed by atoms with van der Waals surface area (Å²) in [5.41, 5.74) is -0.973. The number of aromatic hydroxyl groups is 6. The van der Waals surface area contributed by atoms with E-state index in [1.807, 2.05) is 0 Å². The minimum atomic E-state index is -1.84. The van der Waals surface area contributed by atoms with Gasteiger partial charge in [-0.05, 0) is 42.0 Å². The van der Waals surface area contributed by atoms with Gasteiger partial charge in [-0.1, -0.05) is 6.07 Å². The first kappa shape index (κ1) is 31.0. The fraction of sp³-hybridized carbons (Fsp3) is 0.200. The minimum Gasteiger partial charge on any atom is -0.507 e. The second kappa shape index (κ2) is 12.3. The molecule has 45 heavy (non-hydrogen) atoms. The maximum Gasteiger partial charge on any atom is 0.330 e. The van der Waals surface area contributed by atoms with Crippen LogP contribution in [-0.2, 0) is 14.3 Å². The van der Waals surface area contributed by atoms with E-state index in [4.69, 9.17) is 18.6 Å². The third kappa shape index (κ3) is 6.27. The Labute approximate surface area is 251 Å². The van der Waals surface area contributed by atoms with Gasteiger partial charge < -0.3 is 64.6 Å². The molecule has 3 aromatic carbocycles. The van der Waals surface area contributed by atoms with Gasteiger partial charge in [0.15, 0.2) is 28.8 Å². The zero-order valence-corrected chi connectivity index (χ0v) is 22.8. The summed E-state index contributed by atoms with van der Waals surface area (Å²) < 4.78 is 21.8. The lowest BCUT2D eigenvalue weighted by Gasteiger charge is -2.39. The smallest absolute Gasteiger partial charge is 0.330 e. The van der Waals surface area contributed by atoms with Gasteiger partial charge in [0.25, 0.3) is 0 Å². The lowest BCUT2D eigenvalue weighted by molar-refractivity contribution is -0.278. The second-order valence-corrected chi connectivity index (χ2v) is 9.97. The average molecular weight is 627 g/mol. The van der Waals surface area contributed by atoms with Crippen molar-refractivity contribution in [1.29, 1.82) is 0 Å². The van der Waals surface area contributed by atoms with Gasteiger partial charge in [-0.2, -0.15) is 0 Å². The summed E-state index contributed by atoms with van der Waals surface area (Å²) in [6, 6.07) is 9.25. The molecule has 1 aliphatic heterocycles. The highest BCUT2D eigenvalue weighted by atomic mass is 16.7. The molecule has 0 bridgehead atoms. The molecule has 0 aliphatic carbocycles. The van der Waals surface area contributed by atoms with Gasteiger partial charge in [-0.3, -0.25) is 4.79 Å². The summed E-state index contributed by atoms with van der Waals surface area (Å²) in [6.07, 6.45) is -6.21. The zero-order valence-electron chi connectivity index (χ0n) is 22.8. The van der Waals surface area contributed by atoms with Gasteiger partial charge in [0, 0.05) is 23.8 Å². The molecule has 1 fully saturated rings. The van der Waals surface area contributed by atoms with Gasteiger partial charge in [0.1, 0.15) is 53.5 Å². The molecular formula is C30H26O15. The summed E-state index contributed by atoms with van der Waals surface area (Å²) in [6.45, 7) is -0.602. The number of ether oxygens (including phenoxy) is 3. The van der Waals surface area contributed by atoms with Crippen molar-refractivity contribution in [2.45, 2.75) is 30.7 Å². The molecule has 2 heterocycles. The highest BCUT2D eigenvalue weighted by Gasteiger charge is 2.45. The monoisotopic (exact) mass is 626 g/mol. The van der Waals surface area contributed by atoms with Gasteiger partial charge in [0.2, 0.25) is 17.5 Å². The van der Waals surface area contributed by atoms with Crippen LogP contribution in [-0.4, -0.2) is 89.2 Å². The Balaban J connectivity index is 1.34. The molecule has 0 saturated carbocycles. The highest BCUT2D eigenvalue weighted by molar-refractivity contribution is 5.88. The lowest BCUT2D eigenvalue weighted by atomic mass is 9.99. The molecule has 236 valence electrons. The number of fused-ring (bicyclic) bond motifs is 1. The van der Waals surface area contributed by atoms with Crippen LogP contribution in [0.15, 0.2) is 63.8 Å². The molecule has 0 spiro atoms. The molecule has 0 unspecified atom stereocenters. The molecule has 1 aromatic heterocycles. The highest BCUT2D eigenvalue weighted by Crippen LogP contribution is 2.38. The first-order valence-electron chi connectivity index (χ1n) is 13.1. The van der Waals surface area contributed by atoms with Crippen molar-refractivity contribution in [3.05, 3.63) is 70.4 Å². The lowest BCUT2D eigenvalue weighted by Crippen LogP contribution is -2.60. The van der Waals surface area contributed by atoms with Crippen LogP contribution in [0, 0.1) is 0 Å². The number of aliphatic hydroxyl groups excluding tert-OH is 3. The maximum absolute atomic E-state index is 12.8. The molecular weight excluding hydrogens is 600 g/mol. The van der Waals surface area contributed by atoms with E-state index in [0.717, 1.165) is 30.3 Å². The van der Waals surface area contributed by atoms with E-state index >= 15 is 0 Å². The normalized spacial score (nSPS) is 21.6. The van der Waals surface area contributed by atoms with Gasteiger partial charge in [-0.25, -0.2) is 4.79 Å². The predicted octanol–water partition coefficient (Wildman–Crippen LogP) is 1.14.